The smallest absolute Gasteiger partial charge is 0.315 e. The SMILES string of the molecule is CCOC(=O)CC[C@H]1CO[C@H]2[C@@H]1OC[C@@H]2NC(=O)NC1CCCCC1. The molecule has 142 valence electrons. The van der Waals surface area contributed by atoms with Crippen LogP contribution in [0.1, 0.15) is 51.9 Å². The fourth-order valence-electron chi connectivity index (χ4n) is 4.13. The van der Waals surface area contributed by atoms with Gasteiger partial charge in [0.05, 0.1) is 32.0 Å². The maximum absolute atomic E-state index is 12.2. The molecule has 1 saturated carbocycles. The number of ether oxygens (including phenoxy) is 3. The topological polar surface area (TPSA) is 85.9 Å². The molecule has 2 saturated heterocycles. The van der Waals surface area contributed by atoms with Crippen molar-refractivity contribution in [2.24, 2.45) is 5.92 Å². The summed E-state index contributed by atoms with van der Waals surface area (Å²) in [6.07, 6.45) is 6.68. The Hall–Kier alpha value is -1.34. The molecule has 3 rings (SSSR count). The summed E-state index contributed by atoms with van der Waals surface area (Å²) in [4.78, 5) is 23.8. The number of hydrogen-bond acceptors (Lipinski definition) is 5. The summed E-state index contributed by atoms with van der Waals surface area (Å²) in [7, 11) is 0. The summed E-state index contributed by atoms with van der Waals surface area (Å²) in [5.41, 5.74) is 0. The minimum atomic E-state index is -0.175. The Balaban J connectivity index is 1.42. The predicted molar refractivity (Wildman–Crippen MR) is 91.2 cm³/mol. The number of carbonyl (C=O) groups is 2. The monoisotopic (exact) mass is 354 g/mol. The van der Waals surface area contributed by atoms with Gasteiger partial charge in [0, 0.05) is 18.4 Å². The molecule has 2 amide bonds. The molecule has 0 aromatic heterocycles. The van der Waals surface area contributed by atoms with Crippen molar-refractivity contribution in [3.8, 4) is 0 Å². The second-order valence-corrected chi connectivity index (χ2v) is 7.26. The molecule has 0 spiro atoms. The highest BCUT2D eigenvalue weighted by Crippen LogP contribution is 2.33. The first-order valence-electron chi connectivity index (χ1n) is 9.63. The second-order valence-electron chi connectivity index (χ2n) is 7.26. The lowest BCUT2D eigenvalue weighted by molar-refractivity contribution is -0.143. The molecule has 0 radical (unpaired) electrons. The van der Waals surface area contributed by atoms with Crippen LogP contribution in [0.15, 0.2) is 0 Å². The standard InChI is InChI=1S/C18H30N2O5/c1-2-23-15(21)9-8-12-10-24-17-14(11-25-16(12)17)20-18(22)19-13-6-4-3-5-7-13/h12-14,16-17H,2-11H2,1H3,(H2,19,20,22)/t12-,14-,16+,17+/m0/s1. The van der Waals surface area contributed by atoms with Crippen LogP contribution in [0.5, 0.6) is 0 Å². The average molecular weight is 354 g/mol. The maximum atomic E-state index is 12.2. The number of nitrogens with one attached hydrogen (secondary N) is 2. The van der Waals surface area contributed by atoms with Gasteiger partial charge in [0.2, 0.25) is 0 Å². The van der Waals surface area contributed by atoms with Crippen LogP contribution in [-0.4, -0.2) is 56.1 Å². The Labute approximate surface area is 149 Å². The molecule has 25 heavy (non-hydrogen) atoms. The highest BCUT2D eigenvalue weighted by Gasteiger charge is 2.48. The van der Waals surface area contributed by atoms with E-state index in [1.165, 1.54) is 19.3 Å². The van der Waals surface area contributed by atoms with Crippen LogP contribution in [0.4, 0.5) is 4.79 Å². The number of rotatable bonds is 6. The maximum Gasteiger partial charge on any atom is 0.315 e. The molecule has 7 nitrogen and oxygen atoms in total. The number of amides is 2. The van der Waals surface area contributed by atoms with Crippen LogP contribution in [-0.2, 0) is 19.0 Å². The van der Waals surface area contributed by atoms with Crippen LogP contribution < -0.4 is 10.6 Å². The van der Waals surface area contributed by atoms with Crippen LogP contribution in [0, 0.1) is 5.92 Å². The minimum absolute atomic E-state index is 0.0468. The highest BCUT2D eigenvalue weighted by atomic mass is 16.6. The van der Waals surface area contributed by atoms with E-state index in [1.807, 2.05) is 0 Å². The molecule has 3 aliphatic rings. The van der Waals surface area contributed by atoms with E-state index in [4.69, 9.17) is 14.2 Å². The second kappa shape index (κ2) is 8.85. The van der Waals surface area contributed by atoms with Gasteiger partial charge >= 0.3 is 12.0 Å². The lowest BCUT2D eigenvalue weighted by Crippen LogP contribution is -2.50. The molecular formula is C18H30N2O5. The van der Waals surface area contributed by atoms with E-state index in [2.05, 4.69) is 10.6 Å². The van der Waals surface area contributed by atoms with Gasteiger partial charge in [0.25, 0.3) is 0 Å². The normalized spacial score (nSPS) is 32.2. The van der Waals surface area contributed by atoms with Gasteiger partial charge in [0.15, 0.2) is 0 Å². The fraction of sp³-hybridized carbons (Fsp3) is 0.889. The first-order valence-corrected chi connectivity index (χ1v) is 9.63. The molecule has 0 bridgehead atoms. The Morgan fingerprint density at radius 2 is 1.80 bits per heavy atom. The van der Waals surface area contributed by atoms with Crippen LogP contribution >= 0.6 is 0 Å². The lowest BCUT2D eigenvalue weighted by atomic mass is 9.95. The van der Waals surface area contributed by atoms with Crippen molar-refractivity contribution < 1.29 is 23.8 Å². The third-order valence-corrected chi connectivity index (χ3v) is 5.44. The van der Waals surface area contributed by atoms with Gasteiger partial charge in [-0.1, -0.05) is 19.3 Å². The zero-order valence-corrected chi connectivity index (χ0v) is 15.0. The Morgan fingerprint density at radius 3 is 2.56 bits per heavy atom. The molecule has 2 N–H and O–H groups in total. The molecular weight excluding hydrogens is 324 g/mol. The van der Waals surface area contributed by atoms with Crippen molar-refractivity contribution in [2.45, 2.75) is 76.2 Å². The first-order chi connectivity index (χ1) is 12.2. The quantitative estimate of drug-likeness (QED) is 0.710. The van der Waals surface area contributed by atoms with Gasteiger partial charge in [0.1, 0.15) is 6.10 Å². The molecule has 0 unspecified atom stereocenters. The van der Waals surface area contributed by atoms with E-state index in [9.17, 15) is 9.59 Å². The Kier molecular flexibility index (Phi) is 6.53. The Bertz CT molecular complexity index is 466. The van der Waals surface area contributed by atoms with Crippen molar-refractivity contribution in [2.75, 3.05) is 19.8 Å². The molecule has 0 aromatic carbocycles. The summed E-state index contributed by atoms with van der Waals surface area (Å²) in [5, 5.41) is 6.08. The predicted octanol–water partition coefficient (Wildman–Crippen LogP) is 1.74. The van der Waals surface area contributed by atoms with E-state index in [0.717, 1.165) is 12.8 Å². The summed E-state index contributed by atoms with van der Waals surface area (Å²) in [5.74, 6) is 0.00749. The number of hydrogen-bond donors (Lipinski definition) is 2. The fourth-order valence-corrected chi connectivity index (χ4v) is 4.13. The summed E-state index contributed by atoms with van der Waals surface area (Å²) >= 11 is 0. The van der Waals surface area contributed by atoms with E-state index in [1.54, 1.807) is 6.92 Å². The molecule has 2 aliphatic heterocycles. The van der Waals surface area contributed by atoms with Crippen molar-refractivity contribution >= 4 is 12.0 Å². The molecule has 2 heterocycles. The van der Waals surface area contributed by atoms with Crippen molar-refractivity contribution in [1.29, 1.82) is 0 Å². The van der Waals surface area contributed by atoms with Gasteiger partial charge in [-0.3, -0.25) is 4.79 Å². The summed E-state index contributed by atoms with van der Waals surface area (Å²) in [6.45, 7) is 3.24. The van der Waals surface area contributed by atoms with Gasteiger partial charge in [-0.15, -0.1) is 0 Å². The first kappa shape index (κ1) is 18.5. The van der Waals surface area contributed by atoms with Crippen LogP contribution in [0.3, 0.4) is 0 Å². The molecule has 1 aliphatic carbocycles. The number of urea groups is 1. The van der Waals surface area contributed by atoms with Gasteiger partial charge < -0.3 is 24.8 Å². The van der Waals surface area contributed by atoms with Crippen LogP contribution in [0.25, 0.3) is 0 Å². The van der Waals surface area contributed by atoms with Gasteiger partial charge in [-0.05, 0) is 26.2 Å². The van der Waals surface area contributed by atoms with E-state index < -0.39 is 0 Å². The zero-order chi connectivity index (χ0) is 17.6. The summed E-state index contributed by atoms with van der Waals surface area (Å²) in [6, 6.07) is 0.0367. The average Bonchev–Trinajstić information content (AvgIpc) is 3.17. The van der Waals surface area contributed by atoms with E-state index in [0.29, 0.717) is 32.7 Å². The molecule has 7 heteroatoms. The number of esters is 1. The summed E-state index contributed by atoms with van der Waals surface area (Å²) < 4.78 is 16.7. The van der Waals surface area contributed by atoms with Crippen LogP contribution in [0.2, 0.25) is 0 Å². The molecule has 3 fully saturated rings. The third-order valence-electron chi connectivity index (χ3n) is 5.44. The largest absolute Gasteiger partial charge is 0.466 e. The molecule has 4 atom stereocenters. The van der Waals surface area contributed by atoms with Crippen molar-refractivity contribution in [1.82, 2.24) is 10.6 Å². The Morgan fingerprint density at radius 1 is 1.04 bits per heavy atom. The minimum Gasteiger partial charge on any atom is -0.466 e. The lowest BCUT2D eigenvalue weighted by Gasteiger charge is -2.24. The zero-order valence-electron chi connectivity index (χ0n) is 15.0. The highest BCUT2D eigenvalue weighted by molar-refractivity contribution is 5.74. The van der Waals surface area contributed by atoms with Gasteiger partial charge in [-0.2, -0.15) is 0 Å². The van der Waals surface area contributed by atoms with Gasteiger partial charge in [-0.25, -0.2) is 4.79 Å². The van der Waals surface area contributed by atoms with E-state index in [-0.39, 0.29) is 42.2 Å². The molecule has 0 aromatic rings. The van der Waals surface area contributed by atoms with Crippen molar-refractivity contribution in [3.63, 3.8) is 0 Å². The third kappa shape index (κ3) is 4.85. The number of fused-ring (bicyclic) bond motifs is 1. The number of carbonyl (C=O) groups excluding carboxylic acids is 2. The van der Waals surface area contributed by atoms with Crippen molar-refractivity contribution in [3.05, 3.63) is 0 Å². The van der Waals surface area contributed by atoms with E-state index >= 15 is 0 Å².